The quantitative estimate of drug-likeness (QED) is 0.611. The van der Waals surface area contributed by atoms with E-state index in [1.54, 1.807) is 0 Å². The molecule has 0 saturated carbocycles. The second kappa shape index (κ2) is 6.59. The number of nitrogen functional groups attached to an aromatic ring is 1. The fourth-order valence-electron chi connectivity index (χ4n) is 2.05. The molecule has 0 atom stereocenters. The number of alkyl halides is 3. The van der Waals surface area contributed by atoms with E-state index in [9.17, 15) is 18.0 Å². The summed E-state index contributed by atoms with van der Waals surface area (Å²) in [5.74, 6) is -0.520. The fraction of sp³-hybridized carbons (Fsp3) is 0.143. The molecule has 0 saturated heterocycles. The molecule has 0 unspecified atom stereocenters. The lowest BCUT2D eigenvalue weighted by molar-refractivity contribution is -0.137. The van der Waals surface area contributed by atoms with Crippen LogP contribution >= 0.6 is 11.8 Å². The predicted molar refractivity (Wildman–Crippen MR) is 86.9 cm³/mol. The third-order valence-electron chi connectivity index (χ3n) is 3.14. The SMILES string of the molecule is Nc1ncnc2nc(SCC(=O)Nc3ccccc3C(F)(F)F)[nH]c12. The van der Waals surface area contributed by atoms with E-state index in [4.69, 9.17) is 5.73 Å². The average molecular weight is 368 g/mol. The summed E-state index contributed by atoms with van der Waals surface area (Å²) in [5.41, 5.74) is 5.26. The van der Waals surface area contributed by atoms with Crippen molar-refractivity contribution in [3.63, 3.8) is 0 Å². The molecule has 130 valence electrons. The highest BCUT2D eigenvalue weighted by Gasteiger charge is 2.33. The Morgan fingerprint density at radius 2 is 2.04 bits per heavy atom. The number of nitrogens with two attached hydrogens (primary N) is 1. The smallest absolute Gasteiger partial charge is 0.382 e. The Kier molecular flexibility index (Phi) is 4.49. The maximum Gasteiger partial charge on any atom is 0.418 e. The topological polar surface area (TPSA) is 110 Å². The summed E-state index contributed by atoms with van der Waals surface area (Å²) in [6, 6.07) is 4.78. The number of para-hydroxylation sites is 1. The van der Waals surface area contributed by atoms with Gasteiger partial charge < -0.3 is 16.0 Å². The lowest BCUT2D eigenvalue weighted by Gasteiger charge is -2.13. The van der Waals surface area contributed by atoms with Crippen molar-refractivity contribution >= 4 is 40.3 Å². The molecule has 0 radical (unpaired) electrons. The summed E-state index contributed by atoms with van der Waals surface area (Å²) in [7, 11) is 0. The standard InChI is InChI=1S/C14H11F3N6OS/c15-14(16,17)7-3-1-2-4-8(7)21-9(24)5-25-13-22-10-11(18)19-6-20-12(10)23-13/h1-4,6H,5H2,(H,21,24)(H3,18,19,20,22,23). The van der Waals surface area contributed by atoms with Crippen molar-refractivity contribution in [2.24, 2.45) is 0 Å². The van der Waals surface area contributed by atoms with Crippen LogP contribution in [-0.2, 0) is 11.0 Å². The number of amides is 1. The van der Waals surface area contributed by atoms with E-state index in [2.05, 4.69) is 25.3 Å². The van der Waals surface area contributed by atoms with Gasteiger partial charge in [-0.15, -0.1) is 0 Å². The van der Waals surface area contributed by atoms with E-state index in [1.807, 2.05) is 0 Å². The maximum atomic E-state index is 12.9. The van der Waals surface area contributed by atoms with Crippen LogP contribution in [0.5, 0.6) is 0 Å². The largest absolute Gasteiger partial charge is 0.418 e. The minimum Gasteiger partial charge on any atom is -0.382 e. The first-order chi connectivity index (χ1) is 11.8. The van der Waals surface area contributed by atoms with Crippen LogP contribution in [0.4, 0.5) is 24.7 Å². The number of H-pyrrole nitrogens is 1. The van der Waals surface area contributed by atoms with Crippen LogP contribution in [0.1, 0.15) is 5.56 Å². The lowest BCUT2D eigenvalue weighted by Crippen LogP contribution is -2.18. The molecule has 3 rings (SSSR count). The van der Waals surface area contributed by atoms with Crippen LogP contribution in [-0.4, -0.2) is 31.6 Å². The van der Waals surface area contributed by atoms with Gasteiger partial charge in [0.05, 0.1) is 17.0 Å². The summed E-state index contributed by atoms with van der Waals surface area (Å²) in [4.78, 5) is 26.7. The molecule has 0 fully saturated rings. The summed E-state index contributed by atoms with van der Waals surface area (Å²) in [5, 5.41) is 2.62. The number of hydrogen-bond donors (Lipinski definition) is 3. The summed E-state index contributed by atoms with van der Waals surface area (Å²) in [6.45, 7) is 0. The Labute approximate surface area is 143 Å². The molecule has 11 heteroatoms. The molecule has 1 amide bonds. The van der Waals surface area contributed by atoms with Gasteiger partial charge in [0.15, 0.2) is 16.6 Å². The molecule has 0 spiro atoms. The van der Waals surface area contributed by atoms with Crippen LogP contribution in [0.25, 0.3) is 11.2 Å². The van der Waals surface area contributed by atoms with Gasteiger partial charge in [0, 0.05) is 0 Å². The second-order valence-corrected chi connectivity index (χ2v) is 5.84. The van der Waals surface area contributed by atoms with Crippen molar-refractivity contribution in [2.75, 3.05) is 16.8 Å². The monoisotopic (exact) mass is 368 g/mol. The third-order valence-corrected chi connectivity index (χ3v) is 4.02. The number of nitrogens with one attached hydrogen (secondary N) is 2. The Balaban J connectivity index is 1.68. The molecule has 0 bridgehead atoms. The number of halogens is 3. The van der Waals surface area contributed by atoms with E-state index >= 15 is 0 Å². The Hall–Kier alpha value is -2.82. The van der Waals surface area contributed by atoms with E-state index in [-0.39, 0.29) is 17.3 Å². The number of benzene rings is 1. The first-order valence-corrected chi connectivity index (χ1v) is 7.88. The normalized spacial score (nSPS) is 11.6. The molecule has 4 N–H and O–H groups in total. The Bertz CT molecular complexity index is 926. The molecule has 7 nitrogen and oxygen atoms in total. The zero-order valence-corrected chi connectivity index (χ0v) is 13.3. The van der Waals surface area contributed by atoms with E-state index < -0.39 is 17.6 Å². The number of fused-ring (bicyclic) bond motifs is 1. The van der Waals surface area contributed by atoms with Crippen molar-refractivity contribution in [1.82, 2.24) is 19.9 Å². The number of thioether (sulfide) groups is 1. The van der Waals surface area contributed by atoms with E-state index in [0.29, 0.717) is 16.3 Å². The van der Waals surface area contributed by atoms with Gasteiger partial charge in [-0.3, -0.25) is 4.79 Å². The Morgan fingerprint density at radius 1 is 1.28 bits per heavy atom. The molecule has 3 aromatic rings. The molecule has 1 aromatic carbocycles. The molecule has 2 aromatic heterocycles. The zero-order chi connectivity index (χ0) is 18.0. The number of carbonyl (C=O) groups is 1. The number of aromatic amines is 1. The van der Waals surface area contributed by atoms with Gasteiger partial charge >= 0.3 is 6.18 Å². The average Bonchev–Trinajstić information content (AvgIpc) is 2.97. The number of imidazole rings is 1. The Morgan fingerprint density at radius 3 is 2.76 bits per heavy atom. The molecule has 0 aliphatic carbocycles. The van der Waals surface area contributed by atoms with Crippen molar-refractivity contribution in [3.05, 3.63) is 36.2 Å². The summed E-state index contributed by atoms with van der Waals surface area (Å²) >= 11 is 1.01. The van der Waals surface area contributed by atoms with Crippen LogP contribution in [0.2, 0.25) is 0 Å². The van der Waals surface area contributed by atoms with Crippen LogP contribution in [0, 0.1) is 0 Å². The van der Waals surface area contributed by atoms with Crippen LogP contribution < -0.4 is 11.1 Å². The van der Waals surface area contributed by atoms with Gasteiger partial charge in [-0.2, -0.15) is 13.2 Å². The van der Waals surface area contributed by atoms with Gasteiger partial charge in [0.1, 0.15) is 11.8 Å². The summed E-state index contributed by atoms with van der Waals surface area (Å²) in [6.07, 6.45) is -3.29. The lowest BCUT2D eigenvalue weighted by atomic mass is 10.1. The van der Waals surface area contributed by atoms with Crippen molar-refractivity contribution in [2.45, 2.75) is 11.3 Å². The van der Waals surface area contributed by atoms with Gasteiger partial charge in [-0.05, 0) is 12.1 Å². The van der Waals surface area contributed by atoms with Crippen molar-refractivity contribution in [1.29, 1.82) is 0 Å². The number of rotatable bonds is 4. The molecular weight excluding hydrogens is 357 g/mol. The van der Waals surface area contributed by atoms with E-state index in [1.165, 1.54) is 24.5 Å². The fourth-order valence-corrected chi connectivity index (χ4v) is 2.72. The third kappa shape index (κ3) is 3.82. The maximum absolute atomic E-state index is 12.9. The van der Waals surface area contributed by atoms with Gasteiger partial charge in [-0.1, -0.05) is 23.9 Å². The highest BCUT2D eigenvalue weighted by molar-refractivity contribution is 7.99. The molecule has 0 aliphatic rings. The number of hydrogen-bond acceptors (Lipinski definition) is 6. The van der Waals surface area contributed by atoms with Crippen molar-refractivity contribution in [3.8, 4) is 0 Å². The highest BCUT2D eigenvalue weighted by atomic mass is 32.2. The number of carbonyl (C=O) groups excluding carboxylic acids is 1. The zero-order valence-electron chi connectivity index (χ0n) is 12.5. The minimum absolute atomic E-state index is 0.140. The number of anilines is 2. The number of nitrogens with zero attached hydrogens (tertiary/aromatic N) is 3. The highest BCUT2D eigenvalue weighted by Crippen LogP contribution is 2.34. The van der Waals surface area contributed by atoms with Gasteiger partial charge in [-0.25, -0.2) is 15.0 Å². The van der Waals surface area contributed by atoms with E-state index in [0.717, 1.165) is 17.8 Å². The van der Waals surface area contributed by atoms with Crippen molar-refractivity contribution < 1.29 is 18.0 Å². The molecule has 25 heavy (non-hydrogen) atoms. The first-order valence-electron chi connectivity index (χ1n) is 6.89. The molecule has 2 heterocycles. The van der Waals surface area contributed by atoms with Crippen LogP contribution in [0.3, 0.4) is 0 Å². The second-order valence-electron chi connectivity index (χ2n) is 4.88. The van der Waals surface area contributed by atoms with Crippen LogP contribution in [0.15, 0.2) is 35.7 Å². The minimum atomic E-state index is -4.55. The molecular formula is C14H11F3N6OS. The molecule has 0 aliphatic heterocycles. The van der Waals surface area contributed by atoms with Gasteiger partial charge in [0.2, 0.25) is 5.91 Å². The number of aromatic nitrogens is 4. The summed E-state index contributed by atoms with van der Waals surface area (Å²) < 4.78 is 38.7. The first kappa shape index (κ1) is 17.0. The van der Waals surface area contributed by atoms with Gasteiger partial charge in [0.25, 0.3) is 0 Å². The predicted octanol–water partition coefficient (Wildman–Crippen LogP) is 2.68.